The molecule has 0 amide bonds. The molecule has 15 heavy (non-hydrogen) atoms. The Morgan fingerprint density at radius 1 is 1.47 bits per heavy atom. The number of nitrogens with zero attached hydrogens (tertiary/aromatic N) is 1. The second-order valence-corrected chi connectivity index (χ2v) is 4.85. The number of esters is 1. The molecule has 0 saturated carbocycles. The average molecular weight is 228 g/mol. The van der Waals surface area contributed by atoms with Crippen LogP contribution in [0.3, 0.4) is 0 Å². The van der Waals surface area contributed by atoms with E-state index in [1.54, 1.807) is 0 Å². The molecule has 0 spiro atoms. The molecule has 1 unspecified atom stereocenters. The largest absolute Gasteiger partial charge is 0.464 e. The molecule has 84 valence electrons. The summed E-state index contributed by atoms with van der Waals surface area (Å²) in [5.41, 5.74) is 5.97. The fourth-order valence-corrected chi connectivity index (χ4v) is 2.25. The third kappa shape index (κ3) is 2.47. The number of thiazole rings is 1. The van der Waals surface area contributed by atoms with Gasteiger partial charge in [-0.15, -0.1) is 11.3 Å². The number of ether oxygens (including phenoxy) is 1. The maximum Gasteiger partial charge on any atom is 0.357 e. The van der Waals surface area contributed by atoms with Gasteiger partial charge in [0.05, 0.1) is 7.11 Å². The zero-order valence-corrected chi connectivity index (χ0v) is 10.2. The van der Waals surface area contributed by atoms with Crippen LogP contribution in [0.2, 0.25) is 0 Å². The Bertz CT molecular complexity index is 360. The van der Waals surface area contributed by atoms with Gasteiger partial charge in [0.15, 0.2) is 10.8 Å². The van der Waals surface area contributed by atoms with Crippen molar-refractivity contribution in [1.29, 1.82) is 0 Å². The number of hydrogen-bond acceptors (Lipinski definition) is 5. The summed E-state index contributed by atoms with van der Waals surface area (Å²) in [4.78, 5) is 16.4. The Morgan fingerprint density at radius 2 is 2.07 bits per heavy atom. The quantitative estimate of drug-likeness (QED) is 0.806. The van der Waals surface area contributed by atoms with E-state index in [4.69, 9.17) is 5.73 Å². The molecule has 2 N–H and O–H groups in total. The van der Waals surface area contributed by atoms with Gasteiger partial charge in [0.1, 0.15) is 0 Å². The molecule has 0 fully saturated rings. The molecule has 0 aromatic carbocycles. The molecule has 0 aliphatic carbocycles. The molecular weight excluding hydrogens is 212 g/mol. The fourth-order valence-electron chi connectivity index (χ4n) is 1.20. The van der Waals surface area contributed by atoms with E-state index < -0.39 is 5.97 Å². The third-order valence-electron chi connectivity index (χ3n) is 2.46. The lowest BCUT2D eigenvalue weighted by molar-refractivity contribution is 0.0593. The summed E-state index contributed by atoms with van der Waals surface area (Å²) in [7, 11) is 1.35. The van der Waals surface area contributed by atoms with Crippen LogP contribution >= 0.6 is 11.3 Å². The lowest BCUT2D eigenvalue weighted by Crippen LogP contribution is -2.09. The molecular formula is C10H16N2O2S. The Morgan fingerprint density at radius 3 is 2.53 bits per heavy atom. The van der Waals surface area contributed by atoms with Crippen LogP contribution in [-0.2, 0) is 4.74 Å². The number of aromatic nitrogens is 1. The molecule has 1 aromatic heterocycles. The van der Waals surface area contributed by atoms with E-state index in [1.165, 1.54) is 18.4 Å². The van der Waals surface area contributed by atoms with Crippen LogP contribution in [0.15, 0.2) is 0 Å². The molecule has 4 nitrogen and oxygen atoms in total. The SMILES string of the molecule is COC(=O)c1nc(N)sc1C(C)C(C)C. The van der Waals surface area contributed by atoms with E-state index in [0.717, 1.165) is 4.88 Å². The fraction of sp³-hybridized carbons (Fsp3) is 0.600. The minimum atomic E-state index is -0.412. The average Bonchev–Trinajstić information content (AvgIpc) is 2.57. The lowest BCUT2D eigenvalue weighted by atomic mass is 9.95. The minimum Gasteiger partial charge on any atom is -0.464 e. The maximum absolute atomic E-state index is 11.4. The Kier molecular flexibility index (Phi) is 3.68. The van der Waals surface area contributed by atoms with Crippen LogP contribution in [0, 0.1) is 5.92 Å². The van der Waals surface area contributed by atoms with E-state index in [0.29, 0.717) is 16.7 Å². The van der Waals surface area contributed by atoms with Crippen molar-refractivity contribution in [1.82, 2.24) is 4.98 Å². The first-order chi connectivity index (χ1) is 6.97. The molecule has 5 heteroatoms. The highest BCUT2D eigenvalue weighted by Crippen LogP contribution is 2.33. The van der Waals surface area contributed by atoms with E-state index >= 15 is 0 Å². The van der Waals surface area contributed by atoms with Gasteiger partial charge < -0.3 is 10.5 Å². The van der Waals surface area contributed by atoms with Gasteiger partial charge in [0.25, 0.3) is 0 Å². The monoisotopic (exact) mass is 228 g/mol. The first-order valence-corrected chi connectivity index (χ1v) is 5.63. The first kappa shape index (κ1) is 12.0. The summed E-state index contributed by atoms with van der Waals surface area (Å²) in [6.07, 6.45) is 0. The molecule has 1 heterocycles. The minimum absolute atomic E-state index is 0.258. The van der Waals surface area contributed by atoms with Crippen LogP contribution in [-0.4, -0.2) is 18.1 Å². The standard InChI is InChI=1S/C10H16N2O2S/c1-5(2)6(3)8-7(9(13)14-4)12-10(11)15-8/h5-6H,1-4H3,(H2,11,12). The lowest BCUT2D eigenvalue weighted by Gasteiger charge is -2.13. The number of nitrogen functional groups attached to an aromatic ring is 1. The number of anilines is 1. The third-order valence-corrected chi connectivity index (χ3v) is 3.55. The second-order valence-electron chi connectivity index (χ2n) is 3.79. The molecule has 0 saturated heterocycles. The molecule has 1 atom stereocenters. The highest BCUT2D eigenvalue weighted by Gasteiger charge is 2.23. The molecule has 0 bridgehead atoms. The molecule has 0 aliphatic heterocycles. The van der Waals surface area contributed by atoms with Crippen molar-refractivity contribution in [2.45, 2.75) is 26.7 Å². The zero-order valence-electron chi connectivity index (χ0n) is 9.40. The van der Waals surface area contributed by atoms with Gasteiger partial charge in [-0.05, 0) is 11.8 Å². The number of methoxy groups -OCH3 is 1. The highest BCUT2D eigenvalue weighted by molar-refractivity contribution is 7.15. The van der Waals surface area contributed by atoms with Crippen molar-refractivity contribution in [3.05, 3.63) is 10.6 Å². The van der Waals surface area contributed by atoms with Crippen molar-refractivity contribution >= 4 is 22.4 Å². The van der Waals surface area contributed by atoms with Crippen LogP contribution in [0.4, 0.5) is 5.13 Å². The van der Waals surface area contributed by atoms with E-state index in [2.05, 4.69) is 30.5 Å². The highest BCUT2D eigenvalue weighted by atomic mass is 32.1. The maximum atomic E-state index is 11.4. The van der Waals surface area contributed by atoms with Gasteiger partial charge in [0.2, 0.25) is 0 Å². The van der Waals surface area contributed by atoms with Crippen LogP contribution < -0.4 is 5.73 Å². The summed E-state index contributed by atoms with van der Waals surface area (Å²) in [5, 5.41) is 0.415. The van der Waals surface area contributed by atoms with Crippen LogP contribution in [0.5, 0.6) is 0 Å². The van der Waals surface area contributed by atoms with Crippen LogP contribution in [0.25, 0.3) is 0 Å². The molecule has 0 radical (unpaired) electrons. The van der Waals surface area contributed by atoms with Crippen molar-refractivity contribution < 1.29 is 9.53 Å². The number of hydrogen-bond donors (Lipinski definition) is 1. The molecule has 1 rings (SSSR count). The van der Waals surface area contributed by atoms with Crippen molar-refractivity contribution in [2.75, 3.05) is 12.8 Å². The Labute approximate surface area is 93.5 Å². The normalized spacial score (nSPS) is 12.9. The van der Waals surface area contributed by atoms with Gasteiger partial charge >= 0.3 is 5.97 Å². The first-order valence-electron chi connectivity index (χ1n) is 4.81. The van der Waals surface area contributed by atoms with E-state index in [-0.39, 0.29) is 5.92 Å². The summed E-state index contributed by atoms with van der Waals surface area (Å²) in [5.74, 6) is 0.285. The summed E-state index contributed by atoms with van der Waals surface area (Å²) in [6, 6.07) is 0. The Hall–Kier alpha value is -1.10. The van der Waals surface area contributed by atoms with Gasteiger partial charge in [-0.2, -0.15) is 0 Å². The summed E-state index contributed by atoms with van der Waals surface area (Å²) >= 11 is 1.36. The summed E-state index contributed by atoms with van der Waals surface area (Å²) in [6.45, 7) is 6.26. The Balaban J connectivity index is 3.11. The van der Waals surface area contributed by atoms with Gasteiger partial charge in [0, 0.05) is 4.88 Å². The molecule has 0 aliphatic rings. The zero-order chi connectivity index (χ0) is 11.6. The van der Waals surface area contributed by atoms with Crippen molar-refractivity contribution in [3.63, 3.8) is 0 Å². The number of carbonyl (C=O) groups excluding carboxylic acids is 1. The smallest absolute Gasteiger partial charge is 0.357 e. The van der Waals surface area contributed by atoms with Gasteiger partial charge in [-0.1, -0.05) is 20.8 Å². The summed E-state index contributed by atoms with van der Waals surface area (Å²) < 4.78 is 4.67. The predicted molar refractivity (Wildman–Crippen MR) is 61.1 cm³/mol. The van der Waals surface area contributed by atoms with E-state index in [1.807, 2.05) is 0 Å². The number of nitrogens with two attached hydrogens (primary N) is 1. The van der Waals surface area contributed by atoms with Crippen LogP contribution in [0.1, 0.15) is 42.1 Å². The number of rotatable bonds is 3. The topological polar surface area (TPSA) is 65.2 Å². The predicted octanol–water partition coefficient (Wildman–Crippen LogP) is 2.27. The number of carbonyl (C=O) groups is 1. The molecule has 1 aromatic rings. The van der Waals surface area contributed by atoms with Gasteiger partial charge in [-0.25, -0.2) is 9.78 Å². The van der Waals surface area contributed by atoms with E-state index in [9.17, 15) is 4.79 Å². The van der Waals surface area contributed by atoms with Gasteiger partial charge in [-0.3, -0.25) is 0 Å². The second kappa shape index (κ2) is 4.61. The van der Waals surface area contributed by atoms with Crippen molar-refractivity contribution in [2.24, 2.45) is 5.92 Å². The van der Waals surface area contributed by atoms with Crippen molar-refractivity contribution in [3.8, 4) is 0 Å².